The lowest BCUT2D eigenvalue weighted by atomic mass is 10.0. The van der Waals surface area contributed by atoms with Crippen LogP contribution in [0.15, 0.2) is 30.5 Å². The number of nitrogens with zero attached hydrogens (tertiary/aromatic N) is 4. The number of rotatable bonds is 3. The first kappa shape index (κ1) is 13.9. The molecule has 2 aromatic heterocycles. The quantitative estimate of drug-likeness (QED) is 0.803. The van der Waals surface area contributed by atoms with Crippen molar-refractivity contribution in [1.82, 2.24) is 15.2 Å². The van der Waals surface area contributed by atoms with E-state index in [1.165, 1.54) is 0 Å². The van der Waals surface area contributed by atoms with Crippen molar-refractivity contribution >= 4 is 16.7 Å². The van der Waals surface area contributed by atoms with Gasteiger partial charge in [-0.25, -0.2) is 4.98 Å². The lowest BCUT2D eigenvalue weighted by Gasteiger charge is -2.17. The van der Waals surface area contributed by atoms with Gasteiger partial charge in [0.1, 0.15) is 17.4 Å². The van der Waals surface area contributed by atoms with Crippen molar-refractivity contribution in [3.8, 4) is 23.1 Å². The summed E-state index contributed by atoms with van der Waals surface area (Å²) in [6.45, 7) is 0. The largest absolute Gasteiger partial charge is 0.497 e. The van der Waals surface area contributed by atoms with Crippen LogP contribution in [0.2, 0.25) is 0 Å². The van der Waals surface area contributed by atoms with Gasteiger partial charge in [-0.1, -0.05) is 0 Å². The van der Waals surface area contributed by atoms with Crippen molar-refractivity contribution in [1.29, 1.82) is 5.26 Å². The highest BCUT2D eigenvalue weighted by molar-refractivity contribution is 5.96. The number of hydrogen-bond donors (Lipinski definition) is 1. The van der Waals surface area contributed by atoms with E-state index in [4.69, 9.17) is 4.74 Å². The molecule has 2 heterocycles. The number of benzene rings is 1. The Labute approximate surface area is 128 Å². The summed E-state index contributed by atoms with van der Waals surface area (Å²) in [5.74, 6) is 0.762. The summed E-state index contributed by atoms with van der Waals surface area (Å²) in [7, 11) is 5.43. The van der Waals surface area contributed by atoms with E-state index in [0.717, 1.165) is 22.4 Å². The predicted octanol–water partition coefficient (Wildman–Crippen LogP) is 2.57. The third kappa shape index (κ3) is 2.13. The van der Waals surface area contributed by atoms with Crippen LogP contribution >= 0.6 is 0 Å². The summed E-state index contributed by atoms with van der Waals surface area (Å²) in [6.07, 6.45) is 1.69. The van der Waals surface area contributed by atoms with E-state index in [0.29, 0.717) is 16.9 Å². The maximum absolute atomic E-state index is 9.64. The molecule has 1 aromatic carbocycles. The number of aromatic amines is 1. The van der Waals surface area contributed by atoms with E-state index in [1.807, 2.05) is 43.3 Å². The summed E-state index contributed by atoms with van der Waals surface area (Å²) in [4.78, 5) is 6.47. The number of fused-ring (bicyclic) bond motifs is 1. The van der Waals surface area contributed by atoms with E-state index >= 15 is 0 Å². The molecule has 1 N–H and O–H groups in total. The summed E-state index contributed by atoms with van der Waals surface area (Å²) >= 11 is 0. The molecule has 110 valence electrons. The number of aromatic nitrogens is 3. The van der Waals surface area contributed by atoms with Gasteiger partial charge in [-0.05, 0) is 24.3 Å². The molecule has 0 fully saturated rings. The Bertz CT molecular complexity index is 859. The predicted molar refractivity (Wildman–Crippen MR) is 84.9 cm³/mol. The molecule has 0 unspecified atom stereocenters. The van der Waals surface area contributed by atoms with Crippen molar-refractivity contribution < 1.29 is 4.74 Å². The average molecular weight is 293 g/mol. The Morgan fingerprint density at radius 2 is 1.95 bits per heavy atom. The molecule has 0 aliphatic heterocycles. The van der Waals surface area contributed by atoms with Gasteiger partial charge in [0.05, 0.1) is 30.1 Å². The molecule has 22 heavy (non-hydrogen) atoms. The van der Waals surface area contributed by atoms with Crippen LogP contribution in [0.3, 0.4) is 0 Å². The van der Waals surface area contributed by atoms with Gasteiger partial charge in [-0.15, -0.1) is 0 Å². The minimum Gasteiger partial charge on any atom is -0.497 e. The zero-order valence-corrected chi connectivity index (χ0v) is 12.6. The second kappa shape index (κ2) is 5.37. The lowest BCUT2D eigenvalue weighted by molar-refractivity contribution is 0.415. The molecule has 0 saturated heterocycles. The maximum Gasteiger partial charge on any atom is 0.158 e. The monoisotopic (exact) mass is 293 g/mol. The van der Waals surface area contributed by atoms with Crippen LogP contribution in [-0.2, 0) is 0 Å². The van der Waals surface area contributed by atoms with E-state index in [2.05, 4.69) is 21.3 Å². The minimum absolute atomic E-state index is 0.532. The number of nitrogens with one attached hydrogen (secondary N) is 1. The smallest absolute Gasteiger partial charge is 0.158 e. The fourth-order valence-corrected chi connectivity index (χ4v) is 2.48. The molecule has 0 aliphatic rings. The third-order valence-corrected chi connectivity index (χ3v) is 3.49. The Morgan fingerprint density at radius 1 is 1.23 bits per heavy atom. The SMILES string of the molecule is COc1ccc(-c2nc3[nH]ncc3c(N(C)C)c2C#N)cc1. The molecule has 0 spiro atoms. The topological polar surface area (TPSA) is 77.8 Å². The molecule has 3 aromatic rings. The molecule has 0 radical (unpaired) electrons. The summed E-state index contributed by atoms with van der Waals surface area (Å²) in [6, 6.07) is 9.77. The normalized spacial score (nSPS) is 10.5. The highest BCUT2D eigenvalue weighted by Gasteiger charge is 2.19. The Hall–Kier alpha value is -3.07. The van der Waals surface area contributed by atoms with Crippen LogP contribution in [-0.4, -0.2) is 36.4 Å². The van der Waals surface area contributed by atoms with Gasteiger partial charge in [-0.3, -0.25) is 5.10 Å². The number of anilines is 1. The first-order chi connectivity index (χ1) is 10.7. The fourth-order valence-electron chi connectivity index (χ4n) is 2.48. The van der Waals surface area contributed by atoms with Crippen molar-refractivity contribution in [3.63, 3.8) is 0 Å². The average Bonchev–Trinajstić information content (AvgIpc) is 3.00. The van der Waals surface area contributed by atoms with Gasteiger partial charge in [0.15, 0.2) is 5.65 Å². The van der Waals surface area contributed by atoms with Gasteiger partial charge in [0.2, 0.25) is 0 Å². The summed E-state index contributed by atoms with van der Waals surface area (Å²) in [5, 5.41) is 17.4. The second-order valence-electron chi connectivity index (χ2n) is 5.05. The lowest BCUT2D eigenvalue weighted by Crippen LogP contribution is -2.12. The number of H-pyrrole nitrogens is 1. The molecule has 0 aliphatic carbocycles. The van der Waals surface area contributed by atoms with Gasteiger partial charge in [0, 0.05) is 19.7 Å². The number of ether oxygens (including phenoxy) is 1. The summed E-state index contributed by atoms with van der Waals surface area (Å²) < 4.78 is 5.17. The Kier molecular flexibility index (Phi) is 3.39. The summed E-state index contributed by atoms with van der Waals surface area (Å²) in [5.41, 5.74) is 3.49. The number of pyridine rings is 1. The zero-order chi connectivity index (χ0) is 15.7. The number of methoxy groups -OCH3 is 1. The first-order valence-electron chi connectivity index (χ1n) is 6.74. The third-order valence-electron chi connectivity index (χ3n) is 3.49. The molecule has 3 rings (SSSR count). The van der Waals surface area contributed by atoms with E-state index < -0.39 is 0 Å². The van der Waals surface area contributed by atoms with Crippen LogP contribution in [0.4, 0.5) is 5.69 Å². The van der Waals surface area contributed by atoms with Crippen LogP contribution in [0.5, 0.6) is 5.75 Å². The Morgan fingerprint density at radius 3 is 2.55 bits per heavy atom. The van der Waals surface area contributed by atoms with Crippen molar-refractivity contribution in [2.75, 3.05) is 26.1 Å². The van der Waals surface area contributed by atoms with Crippen LogP contribution in [0.25, 0.3) is 22.3 Å². The molecule has 0 atom stereocenters. The van der Waals surface area contributed by atoms with Crippen LogP contribution < -0.4 is 9.64 Å². The van der Waals surface area contributed by atoms with Gasteiger partial charge >= 0.3 is 0 Å². The number of nitriles is 1. The van der Waals surface area contributed by atoms with Crippen molar-refractivity contribution in [2.24, 2.45) is 0 Å². The van der Waals surface area contributed by atoms with Crippen molar-refractivity contribution in [2.45, 2.75) is 0 Å². The molecular weight excluding hydrogens is 278 g/mol. The fraction of sp³-hybridized carbons (Fsp3) is 0.188. The second-order valence-corrected chi connectivity index (χ2v) is 5.05. The maximum atomic E-state index is 9.64. The van der Waals surface area contributed by atoms with E-state index in [9.17, 15) is 5.26 Å². The standard InChI is InChI=1S/C16H15N5O/c1-21(2)15-12(8-17)14(19-16-13(15)9-18-20-16)10-4-6-11(22-3)7-5-10/h4-7,9H,1-3H3,(H,18,19,20). The van der Waals surface area contributed by atoms with Gasteiger partial charge in [0.25, 0.3) is 0 Å². The van der Waals surface area contributed by atoms with Crippen LogP contribution in [0.1, 0.15) is 5.56 Å². The van der Waals surface area contributed by atoms with Crippen LogP contribution in [0, 0.1) is 11.3 Å². The molecule has 0 amide bonds. The highest BCUT2D eigenvalue weighted by atomic mass is 16.5. The van der Waals surface area contributed by atoms with E-state index in [1.54, 1.807) is 13.3 Å². The van der Waals surface area contributed by atoms with Crippen molar-refractivity contribution in [3.05, 3.63) is 36.0 Å². The molecule has 0 bridgehead atoms. The minimum atomic E-state index is 0.532. The Balaban J connectivity index is 2.30. The highest BCUT2D eigenvalue weighted by Crippen LogP contribution is 2.34. The van der Waals surface area contributed by atoms with E-state index in [-0.39, 0.29) is 0 Å². The van der Waals surface area contributed by atoms with Gasteiger partial charge in [-0.2, -0.15) is 10.4 Å². The zero-order valence-electron chi connectivity index (χ0n) is 12.6. The molecular formula is C16H15N5O. The molecule has 6 heteroatoms. The molecule has 0 saturated carbocycles. The first-order valence-corrected chi connectivity index (χ1v) is 6.74. The molecule has 6 nitrogen and oxygen atoms in total. The number of hydrogen-bond acceptors (Lipinski definition) is 5. The van der Waals surface area contributed by atoms with Gasteiger partial charge < -0.3 is 9.64 Å².